The van der Waals surface area contributed by atoms with Crippen molar-refractivity contribution in [2.24, 2.45) is 5.41 Å². The Morgan fingerprint density at radius 3 is 2.35 bits per heavy atom. The molecule has 1 saturated heterocycles. The minimum atomic E-state index is -1.85. The van der Waals surface area contributed by atoms with Gasteiger partial charge >= 0.3 is 11.9 Å². The van der Waals surface area contributed by atoms with Gasteiger partial charge in [0, 0.05) is 6.08 Å². The molecule has 1 aliphatic carbocycles. The van der Waals surface area contributed by atoms with E-state index in [2.05, 4.69) is 32.9 Å². The Labute approximate surface area is 200 Å². The highest BCUT2D eigenvalue weighted by Crippen LogP contribution is 2.40. The molecule has 1 fully saturated rings. The molecule has 0 amide bonds. The molecule has 0 aromatic heterocycles. The summed E-state index contributed by atoms with van der Waals surface area (Å²) in [4.78, 5) is 23.3. The monoisotopic (exact) mass is 476 g/mol. The molecule has 188 valence electrons. The van der Waals surface area contributed by atoms with Crippen LogP contribution in [-0.2, 0) is 19.1 Å². The van der Waals surface area contributed by atoms with Crippen molar-refractivity contribution in [3.8, 4) is 0 Å². The second-order valence-electron chi connectivity index (χ2n) is 9.59. The summed E-state index contributed by atoms with van der Waals surface area (Å²) in [7, 11) is 0. The zero-order chi connectivity index (χ0) is 25.6. The molecule has 0 saturated carbocycles. The van der Waals surface area contributed by atoms with Gasteiger partial charge in [0.2, 0.25) is 6.29 Å². The molecule has 2 aliphatic rings. The highest BCUT2D eigenvalue weighted by molar-refractivity contribution is 5.83. The van der Waals surface area contributed by atoms with Gasteiger partial charge in [0.05, 0.1) is 0 Å². The average Bonchev–Trinajstić information content (AvgIpc) is 2.73. The van der Waals surface area contributed by atoms with E-state index in [-0.39, 0.29) is 5.41 Å². The Hall–Kier alpha value is -2.52. The van der Waals surface area contributed by atoms with Crippen LogP contribution in [0.5, 0.6) is 0 Å². The number of aliphatic carboxylic acids is 1. The van der Waals surface area contributed by atoms with Crippen LogP contribution in [0.1, 0.15) is 53.9 Å². The first-order chi connectivity index (χ1) is 15.8. The number of rotatable bonds is 7. The van der Waals surface area contributed by atoms with Crippen molar-refractivity contribution in [3.05, 3.63) is 58.7 Å². The summed E-state index contributed by atoms with van der Waals surface area (Å²) in [5.74, 6) is -2.44. The van der Waals surface area contributed by atoms with E-state index in [1.54, 1.807) is 19.1 Å². The molecule has 1 aliphatic heterocycles. The summed E-state index contributed by atoms with van der Waals surface area (Å²) in [5, 5.41) is 38.5. The van der Waals surface area contributed by atoms with Gasteiger partial charge in [0.15, 0.2) is 6.10 Å². The van der Waals surface area contributed by atoms with Crippen molar-refractivity contribution >= 4 is 11.9 Å². The Morgan fingerprint density at radius 1 is 1.06 bits per heavy atom. The van der Waals surface area contributed by atoms with Crippen LogP contribution in [0.15, 0.2) is 58.7 Å². The maximum atomic E-state index is 12.2. The zero-order valence-corrected chi connectivity index (χ0v) is 20.4. The van der Waals surface area contributed by atoms with Crippen LogP contribution in [0.3, 0.4) is 0 Å². The van der Waals surface area contributed by atoms with Gasteiger partial charge in [-0.05, 0) is 56.6 Å². The van der Waals surface area contributed by atoms with Gasteiger partial charge in [-0.25, -0.2) is 9.59 Å². The Balaban J connectivity index is 1.98. The Bertz CT molecular complexity index is 921. The first-order valence-electron chi connectivity index (χ1n) is 11.4. The van der Waals surface area contributed by atoms with Crippen molar-refractivity contribution in [3.63, 3.8) is 0 Å². The number of carboxylic acids is 1. The lowest BCUT2D eigenvalue weighted by molar-refractivity contribution is -0.284. The smallest absolute Gasteiger partial charge is 0.335 e. The molecule has 4 N–H and O–H groups in total. The van der Waals surface area contributed by atoms with E-state index in [4.69, 9.17) is 14.6 Å². The maximum Gasteiger partial charge on any atom is 0.335 e. The topological polar surface area (TPSA) is 134 Å². The SMILES string of the molecule is CC1=C(/C=C/C(C)=C/C=C/C(C)=C\C(=O)O[C@@H]2OC(C(=O)O)[C@@H](O)[C@@H](O)C2O)C(C)(C)CCC1. The van der Waals surface area contributed by atoms with Crippen molar-refractivity contribution in [2.75, 3.05) is 0 Å². The van der Waals surface area contributed by atoms with Crippen molar-refractivity contribution in [1.29, 1.82) is 0 Å². The van der Waals surface area contributed by atoms with Gasteiger partial charge in [0.25, 0.3) is 0 Å². The number of hydrogen-bond donors (Lipinski definition) is 4. The molecule has 0 aromatic carbocycles. The van der Waals surface area contributed by atoms with Crippen LogP contribution in [-0.4, -0.2) is 63.1 Å². The number of hydrogen-bond acceptors (Lipinski definition) is 7. The van der Waals surface area contributed by atoms with Gasteiger partial charge in [-0.1, -0.05) is 55.4 Å². The first-order valence-corrected chi connectivity index (χ1v) is 11.4. The number of aliphatic hydroxyl groups excluding tert-OH is 3. The van der Waals surface area contributed by atoms with Gasteiger partial charge in [-0.3, -0.25) is 0 Å². The van der Waals surface area contributed by atoms with Gasteiger partial charge in [-0.2, -0.15) is 0 Å². The summed E-state index contributed by atoms with van der Waals surface area (Å²) in [6, 6.07) is 0. The minimum absolute atomic E-state index is 0.170. The Morgan fingerprint density at radius 2 is 1.74 bits per heavy atom. The van der Waals surface area contributed by atoms with Crippen LogP contribution in [0.25, 0.3) is 0 Å². The number of allylic oxidation sites excluding steroid dienone is 9. The standard InChI is InChI=1S/C26H36O8/c1-15(11-12-18-17(3)10-7-13-26(18,4)5)8-6-9-16(2)14-19(27)33-25-22(30)20(28)21(29)23(34-25)24(31)32/h6,8-9,11-12,14,20-23,25,28-30H,7,10,13H2,1-5H3,(H,31,32)/b9-6+,12-11+,15-8+,16-14-/t20-,21+,22?,23?,25-/m1/s1. The predicted octanol–water partition coefficient (Wildman–Crippen LogP) is 2.95. The van der Waals surface area contributed by atoms with Crippen molar-refractivity contribution in [2.45, 2.75) is 84.6 Å². The summed E-state index contributed by atoms with van der Waals surface area (Å²) < 4.78 is 9.88. The number of carbonyl (C=O) groups excluding carboxylic acids is 1. The normalized spacial score (nSPS) is 30.8. The van der Waals surface area contributed by atoms with Gasteiger partial charge < -0.3 is 29.9 Å². The maximum absolute atomic E-state index is 12.2. The molecular weight excluding hydrogens is 440 g/mol. The number of ether oxygens (including phenoxy) is 2. The molecule has 34 heavy (non-hydrogen) atoms. The molecule has 1 heterocycles. The van der Waals surface area contributed by atoms with E-state index in [1.165, 1.54) is 24.0 Å². The van der Waals surface area contributed by atoms with E-state index in [0.29, 0.717) is 5.57 Å². The summed E-state index contributed by atoms with van der Waals surface area (Å²) in [5.41, 5.74) is 4.56. The van der Waals surface area contributed by atoms with E-state index >= 15 is 0 Å². The largest absolute Gasteiger partial charge is 0.479 e. The fourth-order valence-corrected chi connectivity index (χ4v) is 4.16. The molecule has 0 aromatic rings. The second-order valence-corrected chi connectivity index (χ2v) is 9.59. The molecule has 5 atom stereocenters. The number of esters is 1. The fraction of sp³-hybridized carbons (Fsp3) is 0.538. The third kappa shape index (κ3) is 7.24. The zero-order valence-electron chi connectivity index (χ0n) is 20.4. The summed E-state index contributed by atoms with van der Waals surface area (Å²) in [6.07, 6.45) is 5.29. The quantitative estimate of drug-likeness (QED) is 0.250. The number of carbonyl (C=O) groups is 2. The van der Waals surface area contributed by atoms with E-state index < -0.39 is 42.6 Å². The highest BCUT2D eigenvalue weighted by atomic mass is 16.7. The number of aliphatic hydroxyl groups is 3. The van der Waals surface area contributed by atoms with Crippen molar-refractivity contribution in [1.82, 2.24) is 0 Å². The van der Waals surface area contributed by atoms with E-state index in [0.717, 1.165) is 18.1 Å². The van der Waals surface area contributed by atoms with Crippen molar-refractivity contribution < 1.29 is 39.5 Å². The van der Waals surface area contributed by atoms with Crippen LogP contribution in [0.2, 0.25) is 0 Å². The lowest BCUT2D eigenvalue weighted by Gasteiger charge is -2.37. The molecule has 2 rings (SSSR count). The number of carboxylic acid groups (broad SMARTS) is 1. The van der Waals surface area contributed by atoms with Crippen LogP contribution >= 0.6 is 0 Å². The predicted molar refractivity (Wildman–Crippen MR) is 127 cm³/mol. The lowest BCUT2D eigenvalue weighted by atomic mass is 9.72. The third-order valence-electron chi connectivity index (χ3n) is 6.16. The Kier molecular flexibility index (Phi) is 9.58. The van der Waals surface area contributed by atoms with Crippen LogP contribution in [0, 0.1) is 5.41 Å². The van der Waals surface area contributed by atoms with Gasteiger partial charge in [0.1, 0.15) is 18.3 Å². The lowest BCUT2D eigenvalue weighted by Crippen LogP contribution is -2.60. The molecule has 0 bridgehead atoms. The van der Waals surface area contributed by atoms with Crippen LogP contribution < -0.4 is 0 Å². The minimum Gasteiger partial charge on any atom is -0.479 e. The second kappa shape index (κ2) is 11.8. The summed E-state index contributed by atoms with van der Waals surface area (Å²) >= 11 is 0. The third-order valence-corrected chi connectivity index (χ3v) is 6.16. The van der Waals surface area contributed by atoms with Gasteiger partial charge in [-0.15, -0.1) is 0 Å². The molecule has 2 unspecified atom stereocenters. The molecule has 8 heteroatoms. The summed E-state index contributed by atoms with van der Waals surface area (Å²) in [6.45, 7) is 10.4. The molecular formula is C26H36O8. The molecule has 8 nitrogen and oxygen atoms in total. The molecule has 0 radical (unpaired) electrons. The highest BCUT2D eigenvalue weighted by Gasteiger charge is 2.48. The average molecular weight is 477 g/mol. The van der Waals surface area contributed by atoms with E-state index in [9.17, 15) is 24.9 Å². The van der Waals surface area contributed by atoms with E-state index in [1.807, 2.05) is 13.0 Å². The first kappa shape index (κ1) is 27.7. The molecule has 0 spiro atoms. The fourth-order valence-electron chi connectivity index (χ4n) is 4.16. The van der Waals surface area contributed by atoms with Crippen LogP contribution in [0.4, 0.5) is 0 Å².